The fourth-order valence-corrected chi connectivity index (χ4v) is 3.98. The lowest BCUT2D eigenvalue weighted by Crippen LogP contribution is -2.20. The zero-order valence-electron chi connectivity index (χ0n) is 19.2. The smallest absolute Gasteiger partial charge is 0.232 e. The Hall–Kier alpha value is -3.31. The van der Waals surface area contributed by atoms with Crippen LogP contribution in [0.2, 0.25) is 0 Å². The van der Waals surface area contributed by atoms with E-state index in [1.165, 1.54) is 55.5 Å². The lowest BCUT2D eigenvalue weighted by atomic mass is 10.0. The molecule has 0 amide bonds. The van der Waals surface area contributed by atoms with Gasteiger partial charge in [0.25, 0.3) is 0 Å². The van der Waals surface area contributed by atoms with Gasteiger partial charge >= 0.3 is 0 Å². The maximum absolute atomic E-state index is 14.8. The molecule has 34 heavy (non-hydrogen) atoms. The maximum atomic E-state index is 14.8. The van der Waals surface area contributed by atoms with Crippen LogP contribution in [0.15, 0.2) is 46.2 Å². The predicted molar refractivity (Wildman–Crippen MR) is 127 cm³/mol. The SMILES string of the molecule is CN=C(N)SC(C)[C@@H](OC)c1cc(/C=C(\F)c2cnc(OCc3cc(C)on3)cn2)ccc1F. The van der Waals surface area contributed by atoms with Gasteiger partial charge in [-0.2, -0.15) is 0 Å². The number of aryl methyl sites for hydroxylation is 1. The molecule has 1 aromatic carbocycles. The van der Waals surface area contributed by atoms with Crippen molar-refractivity contribution in [2.45, 2.75) is 31.8 Å². The molecule has 1 unspecified atom stereocenters. The van der Waals surface area contributed by atoms with E-state index in [9.17, 15) is 8.78 Å². The summed E-state index contributed by atoms with van der Waals surface area (Å²) in [5, 5.41) is 3.95. The number of benzene rings is 1. The van der Waals surface area contributed by atoms with Crippen molar-refractivity contribution >= 4 is 28.8 Å². The first-order valence-corrected chi connectivity index (χ1v) is 11.1. The summed E-state index contributed by atoms with van der Waals surface area (Å²) in [5.41, 5.74) is 7.11. The fraction of sp³-hybridized carbons (Fsp3) is 0.304. The van der Waals surface area contributed by atoms with Crippen molar-refractivity contribution in [3.05, 3.63) is 70.8 Å². The monoisotopic (exact) mass is 489 g/mol. The predicted octanol–water partition coefficient (Wildman–Crippen LogP) is 4.71. The van der Waals surface area contributed by atoms with E-state index in [1.807, 2.05) is 6.92 Å². The summed E-state index contributed by atoms with van der Waals surface area (Å²) in [6, 6.07) is 6.00. The maximum Gasteiger partial charge on any atom is 0.232 e. The molecular formula is C23H25F2N5O3S. The Morgan fingerprint density at radius 1 is 1.29 bits per heavy atom. The van der Waals surface area contributed by atoms with Crippen LogP contribution in [0.25, 0.3) is 11.9 Å². The third-order valence-electron chi connectivity index (χ3n) is 4.74. The summed E-state index contributed by atoms with van der Waals surface area (Å²) in [5.74, 6) is -0.222. The standard InChI is InChI=1S/C23H25F2N5O3S/c1-13-7-16(30-33-13)12-32-21-11-28-20(10-29-21)19(25)9-15-5-6-18(24)17(8-15)22(31-4)14(2)34-23(26)27-3/h5-11,14,22H,12H2,1-4H3,(H2,26,27)/b19-9-/t14?,22-/m1/s1. The fourth-order valence-electron chi connectivity index (χ4n) is 3.11. The van der Waals surface area contributed by atoms with Gasteiger partial charge in [-0.05, 0) is 37.6 Å². The number of nitrogens with two attached hydrogens (primary N) is 1. The third kappa shape index (κ3) is 6.61. The van der Waals surface area contributed by atoms with Gasteiger partial charge in [0.1, 0.15) is 29.6 Å². The van der Waals surface area contributed by atoms with E-state index in [2.05, 4.69) is 20.1 Å². The molecule has 2 atom stereocenters. The van der Waals surface area contributed by atoms with E-state index in [0.29, 0.717) is 22.2 Å². The van der Waals surface area contributed by atoms with E-state index in [4.69, 9.17) is 19.7 Å². The molecule has 8 nitrogen and oxygen atoms in total. The van der Waals surface area contributed by atoms with Crippen molar-refractivity contribution in [2.75, 3.05) is 14.2 Å². The van der Waals surface area contributed by atoms with Gasteiger partial charge in [0, 0.05) is 31.0 Å². The number of aliphatic imine (C=N–C) groups is 1. The molecule has 2 heterocycles. The molecule has 2 N–H and O–H groups in total. The number of hydrogen-bond donors (Lipinski definition) is 1. The number of thioether (sulfide) groups is 1. The molecule has 0 bridgehead atoms. The van der Waals surface area contributed by atoms with Crippen LogP contribution in [0.5, 0.6) is 5.88 Å². The number of amidine groups is 1. The highest BCUT2D eigenvalue weighted by molar-refractivity contribution is 8.14. The first kappa shape index (κ1) is 25.3. The van der Waals surface area contributed by atoms with Crippen LogP contribution in [-0.2, 0) is 11.3 Å². The Labute approximate surface area is 200 Å². The van der Waals surface area contributed by atoms with Crippen molar-refractivity contribution < 1.29 is 22.8 Å². The summed E-state index contributed by atoms with van der Waals surface area (Å²) in [4.78, 5) is 12.0. The largest absolute Gasteiger partial charge is 0.470 e. The average Bonchev–Trinajstić information content (AvgIpc) is 3.25. The minimum absolute atomic E-state index is 0.00894. The van der Waals surface area contributed by atoms with Crippen LogP contribution in [0.1, 0.15) is 41.3 Å². The van der Waals surface area contributed by atoms with Crippen LogP contribution in [-0.4, -0.2) is 39.7 Å². The van der Waals surface area contributed by atoms with Crippen LogP contribution in [0.4, 0.5) is 8.78 Å². The molecule has 0 fully saturated rings. The Bertz CT molecular complexity index is 1170. The molecule has 0 aliphatic rings. The topological polar surface area (TPSA) is 109 Å². The van der Waals surface area contributed by atoms with Crippen molar-refractivity contribution in [2.24, 2.45) is 10.7 Å². The molecule has 11 heteroatoms. The highest BCUT2D eigenvalue weighted by Crippen LogP contribution is 2.32. The Balaban J connectivity index is 1.74. The van der Waals surface area contributed by atoms with Crippen molar-refractivity contribution in [1.82, 2.24) is 15.1 Å². The van der Waals surface area contributed by atoms with Crippen LogP contribution >= 0.6 is 11.8 Å². The van der Waals surface area contributed by atoms with E-state index in [0.717, 1.165) is 0 Å². The zero-order valence-corrected chi connectivity index (χ0v) is 20.0. The minimum Gasteiger partial charge on any atom is -0.470 e. The summed E-state index contributed by atoms with van der Waals surface area (Å²) >= 11 is 1.26. The number of aromatic nitrogens is 3. The van der Waals surface area contributed by atoms with E-state index in [-0.39, 0.29) is 29.0 Å². The van der Waals surface area contributed by atoms with Gasteiger partial charge < -0.3 is 19.7 Å². The first-order chi connectivity index (χ1) is 16.3. The van der Waals surface area contributed by atoms with E-state index >= 15 is 0 Å². The Morgan fingerprint density at radius 2 is 2.09 bits per heavy atom. The number of halogens is 2. The second-order valence-corrected chi connectivity index (χ2v) is 8.67. The van der Waals surface area contributed by atoms with Crippen molar-refractivity contribution in [3.8, 4) is 5.88 Å². The Kier molecular flexibility index (Phi) is 8.72. The number of nitrogens with zero attached hydrogens (tertiary/aromatic N) is 4. The molecule has 0 saturated heterocycles. The molecular weight excluding hydrogens is 464 g/mol. The van der Waals surface area contributed by atoms with Gasteiger partial charge in [-0.25, -0.2) is 18.7 Å². The highest BCUT2D eigenvalue weighted by Gasteiger charge is 2.24. The van der Waals surface area contributed by atoms with Crippen LogP contribution in [0, 0.1) is 12.7 Å². The quantitative estimate of drug-likeness (QED) is 0.340. The van der Waals surface area contributed by atoms with E-state index in [1.54, 1.807) is 20.0 Å². The molecule has 3 rings (SSSR count). The molecule has 0 saturated carbocycles. The molecule has 0 spiro atoms. The van der Waals surface area contributed by atoms with Gasteiger partial charge in [-0.3, -0.25) is 4.99 Å². The van der Waals surface area contributed by atoms with Gasteiger partial charge in [-0.15, -0.1) is 0 Å². The second-order valence-electron chi connectivity index (χ2n) is 7.27. The lowest BCUT2D eigenvalue weighted by Gasteiger charge is -2.23. The van der Waals surface area contributed by atoms with Crippen molar-refractivity contribution in [3.63, 3.8) is 0 Å². The van der Waals surface area contributed by atoms with Gasteiger partial charge in [0.15, 0.2) is 11.0 Å². The average molecular weight is 490 g/mol. The minimum atomic E-state index is -0.637. The molecule has 0 aliphatic heterocycles. The molecule has 2 aromatic heterocycles. The van der Waals surface area contributed by atoms with E-state index < -0.39 is 17.7 Å². The lowest BCUT2D eigenvalue weighted by molar-refractivity contribution is 0.102. The number of ether oxygens (including phenoxy) is 2. The number of methoxy groups -OCH3 is 1. The summed E-state index contributed by atoms with van der Waals surface area (Å²) in [6.07, 6.45) is 3.19. The first-order valence-electron chi connectivity index (χ1n) is 10.3. The summed E-state index contributed by atoms with van der Waals surface area (Å²) in [7, 11) is 3.05. The molecule has 0 radical (unpaired) electrons. The molecule has 180 valence electrons. The third-order valence-corrected chi connectivity index (χ3v) is 5.79. The second kappa shape index (κ2) is 11.7. The Morgan fingerprint density at radius 3 is 2.71 bits per heavy atom. The highest BCUT2D eigenvalue weighted by atomic mass is 32.2. The zero-order chi connectivity index (χ0) is 24.7. The van der Waals surface area contributed by atoms with Crippen LogP contribution in [0.3, 0.4) is 0 Å². The van der Waals surface area contributed by atoms with Gasteiger partial charge in [-0.1, -0.05) is 23.0 Å². The van der Waals surface area contributed by atoms with Crippen LogP contribution < -0.4 is 10.5 Å². The molecule has 0 aliphatic carbocycles. The summed E-state index contributed by atoms with van der Waals surface area (Å²) < 4.78 is 45.4. The van der Waals surface area contributed by atoms with Gasteiger partial charge in [0.2, 0.25) is 5.88 Å². The summed E-state index contributed by atoms with van der Waals surface area (Å²) in [6.45, 7) is 3.77. The number of rotatable bonds is 9. The van der Waals surface area contributed by atoms with Gasteiger partial charge in [0.05, 0.1) is 18.5 Å². The number of hydrogen-bond acceptors (Lipinski definition) is 8. The normalized spacial score (nSPS) is 14.2. The molecule has 3 aromatic rings. The van der Waals surface area contributed by atoms with Crippen molar-refractivity contribution in [1.29, 1.82) is 0 Å².